The normalized spacial score (nSPS) is 14.7. The Morgan fingerprint density at radius 3 is 3.45 bits per heavy atom. The zero-order valence-corrected chi connectivity index (χ0v) is 5.57. The van der Waals surface area contributed by atoms with Crippen molar-refractivity contribution in [2.75, 3.05) is 5.32 Å². The summed E-state index contributed by atoms with van der Waals surface area (Å²) < 4.78 is 4.67. The van der Waals surface area contributed by atoms with Crippen molar-refractivity contribution >= 4 is 11.9 Å². The molecule has 2 rings (SSSR count). The summed E-state index contributed by atoms with van der Waals surface area (Å²) >= 11 is 0. The third-order valence-corrected chi connectivity index (χ3v) is 1.37. The van der Waals surface area contributed by atoms with Gasteiger partial charge in [-0.1, -0.05) is 0 Å². The molecule has 0 aromatic carbocycles. The summed E-state index contributed by atoms with van der Waals surface area (Å²) in [4.78, 5) is 18.3. The Kier molecular flexibility index (Phi) is 1.21. The highest BCUT2D eigenvalue weighted by Crippen LogP contribution is 2.15. The Bertz CT molecular complexity index is 300. The van der Waals surface area contributed by atoms with Crippen LogP contribution in [-0.2, 0) is 11.3 Å². The van der Waals surface area contributed by atoms with E-state index in [-0.39, 0.29) is 6.61 Å². The predicted octanol–water partition coefficient (Wildman–Crippen LogP) is 0.539. The molecule has 1 amide bonds. The number of cyclic esters (lactones) is 1. The number of rotatable bonds is 0. The zero-order valence-electron chi connectivity index (χ0n) is 5.57. The van der Waals surface area contributed by atoms with E-state index in [0.29, 0.717) is 5.82 Å². The van der Waals surface area contributed by atoms with Crippen molar-refractivity contribution in [3.63, 3.8) is 0 Å². The molecule has 2 heterocycles. The molecule has 0 radical (unpaired) electrons. The van der Waals surface area contributed by atoms with Gasteiger partial charge < -0.3 is 4.74 Å². The first-order valence-corrected chi connectivity index (χ1v) is 3.09. The molecule has 11 heavy (non-hydrogen) atoms. The fourth-order valence-corrected chi connectivity index (χ4v) is 0.853. The van der Waals surface area contributed by atoms with Gasteiger partial charge in [0.15, 0.2) is 0 Å². The lowest BCUT2D eigenvalue weighted by molar-refractivity contribution is 0.151. The largest absolute Gasteiger partial charge is 0.444 e. The van der Waals surface area contributed by atoms with Crippen LogP contribution in [0, 0.1) is 0 Å². The van der Waals surface area contributed by atoms with Crippen LogP contribution in [0.5, 0.6) is 0 Å². The minimum atomic E-state index is -0.462. The van der Waals surface area contributed by atoms with Crippen LogP contribution in [-0.4, -0.2) is 16.1 Å². The molecule has 1 aliphatic rings. The number of nitrogens with zero attached hydrogens (tertiary/aromatic N) is 2. The number of carbonyl (C=O) groups excluding carboxylic acids is 1. The van der Waals surface area contributed by atoms with Crippen molar-refractivity contribution in [1.29, 1.82) is 0 Å². The van der Waals surface area contributed by atoms with Crippen LogP contribution in [0.15, 0.2) is 12.5 Å². The Morgan fingerprint density at radius 1 is 1.64 bits per heavy atom. The second kappa shape index (κ2) is 2.19. The summed E-state index contributed by atoms with van der Waals surface area (Å²) in [6.07, 6.45) is 2.53. The quantitative estimate of drug-likeness (QED) is 0.587. The predicted molar refractivity (Wildman–Crippen MR) is 35.8 cm³/mol. The average Bonchev–Trinajstić information content (AvgIpc) is 2.04. The Balaban J connectivity index is 2.41. The van der Waals surface area contributed by atoms with Crippen LogP contribution < -0.4 is 5.32 Å². The third kappa shape index (κ3) is 1.000. The molecule has 0 fully saturated rings. The zero-order chi connectivity index (χ0) is 7.68. The number of amides is 1. The van der Waals surface area contributed by atoms with Gasteiger partial charge in [-0.2, -0.15) is 0 Å². The Labute approximate surface area is 62.4 Å². The number of carbonyl (C=O) groups is 1. The smallest absolute Gasteiger partial charge is 0.413 e. The molecule has 1 aromatic rings. The molecule has 5 heteroatoms. The average molecular weight is 151 g/mol. The van der Waals surface area contributed by atoms with Crippen molar-refractivity contribution in [2.24, 2.45) is 0 Å². The SMILES string of the molecule is O=C1Nc2ncncc2CO1. The molecule has 0 spiro atoms. The first kappa shape index (κ1) is 6.09. The first-order chi connectivity index (χ1) is 5.36. The van der Waals surface area contributed by atoms with E-state index in [1.807, 2.05) is 0 Å². The number of nitrogens with one attached hydrogen (secondary N) is 1. The van der Waals surface area contributed by atoms with Gasteiger partial charge in [-0.05, 0) is 0 Å². The van der Waals surface area contributed by atoms with E-state index in [9.17, 15) is 4.79 Å². The van der Waals surface area contributed by atoms with Gasteiger partial charge >= 0.3 is 6.09 Å². The van der Waals surface area contributed by atoms with Gasteiger partial charge in [-0.3, -0.25) is 5.32 Å². The molecule has 0 bridgehead atoms. The lowest BCUT2D eigenvalue weighted by Crippen LogP contribution is -2.21. The van der Waals surface area contributed by atoms with Crippen LogP contribution in [0.4, 0.5) is 10.6 Å². The molecule has 1 aliphatic heterocycles. The molecule has 0 saturated heterocycles. The molecule has 0 saturated carbocycles. The topological polar surface area (TPSA) is 64.1 Å². The van der Waals surface area contributed by atoms with E-state index in [4.69, 9.17) is 0 Å². The van der Waals surface area contributed by atoms with Crippen molar-refractivity contribution in [1.82, 2.24) is 9.97 Å². The van der Waals surface area contributed by atoms with Crippen LogP contribution in [0.1, 0.15) is 5.56 Å². The monoisotopic (exact) mass is 151 g/mol. The van der Waals surface area contributed by atoms with Crippen molar-refractivity contribution in [2.45, 2.75) is 6.61 Å². The number of hydrogen-bond donors (Lipinski definition) is 1. The molecular formula is C6H5N3O2. The maximum atomic E-state index is 10.6. The highest BCUT2D eigenvalue weighted by Gasteiger charge is 2.15. The van der Waals surface area contributed by atoms with Crippen LogP contribution in [0.2, 0.25) is 0 Å². The fraction of sp³-hybridized carbons (Fsp3) is 0.167. The number of aromatic nitrogens is 2. The lowest BCUT2D eigenvalue weighted by Gasteiger charge is -2.14. The van der Waals surface area contributed by atoms with Gasteiger partial charge in [0.05, 0.1) is 5.56 Å². The molecule has 0 unspecified atom stereocenters. The van der Waals surface area contributed by atoms with Gasteiger partial charge in [-0.25, -0.2) is 14.8 Å². The Morgan fingerprint density at radius 2 is 2.55 bits per heavy atom. The van der Waals surface area contributed by atoms with Crippen LogP contribution >= 0.6 is 0 Å². The highest BCUT2D eigenvalue weighted by atomic mass is 16.5. The summed E-state index contributed by atoms with van der Waals surface area (Å²) in [6, 6.07) is 0. The second-order valence-electron chi connectivity index (χ2n) is 2.10. The summed E-state index contributed by atoms with van der Waals surface area (Å²) in [5.41, 5.74) is 0.798. The Hall–Kier alpha value is -1.65. The molecule has 0 aliphatic carbocycles. The fourth-order valence-electron chi connectivity index (χ4n) is 0.853. The molecule has 5 nitrogen and oxygen atoms in total. The number of hydrogen-bond acceptors (Lipinski definition) is 4. The van der Waals surface area contributed by atoms with Crippen molar-refractivity contribution < 1.29 is 9.53 Å². The number of ether oxygens (including phenoxy) is 1. The summed E-state index contributed by atoms with van der Waals surface area (Å²) in [5.74, 6) is 0.538. The minimum Gasteiger partial charge on any atom is -0.444 e. The molecule has 56 valence electrons. The van der Waals surface area contributed by atoms with E-state index in [2.05, 4.69) is 20.0 Å². The van der Waals surface area contributed by atoms with Gasteiger partial charge in [0.1, 0.15) is 18.8 Å². The van der Waals surface area contributed by atoms with E-state index >= 15 is 0 Å². The number of fused-ring (bicyclic) bond motifs is 1. The molecule has 1 aromatic heterocycles. The van der Waals surface area contributed by atoms with Crippen LogP contribution in [0.3, 0.4) is 0 Å². The van der Waals surface area contributed by atoms with Crippen molar-refractivity contribution in [3.05, 3.63) is 18.1 Å². The lowest BCUT2D eigenvalue weighted by atomic mass is 10.3. The number of anilines is 1. The molecule has 0 atom stereocenters. The summed E-state index contributed by atoms with van der Waals surface area (Å²) in [6.45, 7) is 0.252. The van der Waals surface area contributed by atoms with E-state index in [1.165, 1.54) is 6.33 Å². The summed E-state index contributed by atoms with van der Waals surface area (Å²) in [7, 11) is 0. The van der Waals surface area contributed by atoms with Gasteiger partial charge in [0.25, 0.3) is 0 Å². The van der Waals surface area contributed by atoms with Crippen molar-refractivity contribution in [3.8, 4) is 0 Å². The van der Waals surface area contributed by atoms with Gasteiger partial charge in [0, 0.05) is 6.20 Å². The van der Waals surface area contributed by atoms with E-state index in [0.717, 1.165) is 5.56 Å². The summed E-state index contributed by atoms with van der Waals surface area (Å²) in [5, 5.41) is 2.45. The van der Waals surface area contributed by atoms with Gasteiger partial charge in [-0.15, -0.1) is 0 Å². The highest BCUT2D eigenvalue weighted by molar-refractivity contribution is 5.85. The molecule has 1 N–H and O–H groups in total. The minimum absolute atomic E-state index is 0.252. The second-order valence-corrected chi connectivity index (χ2v) is 2.10. The van der Waals surface area contributed by atoms with Gasteiger partial charge in [0.2, 0.25) is 0 Å². The van der Waals surface area contributed by atoms with Crippen LogP contribution in [0.25, 0.3) is 0 Å². The third-order valence-electron chi connectivity index (χ3n) is 1.37. The maximum Gasteiger partial charge on any atom is 0.413 e. The first-order valence-electron chi connectivity index (χ1n) is 3.09. The molecular weight excluding hydrogens is 146 g/mol. The maximum absolute atomic E-state index is 10.6. The standard InChI is InChI=1S/C6H5N3O2/c10-6-9-5-4(2-11-6)1-7-3-8-5/h1,3H,2H2,(H,7,8,9,10). The van der Waals surface area contributed by atoms with E-state index < -0.39 is 6.09 Å². The van der Waals surface area contributed by atoms with E-state index in [1.54, 1.807) is 6.20 Å².